The lowest BCUT2D eigenvalue weighted by atomic mass is 10.0. The van der Waals surface area contributed by atoms with Crippen molar-refractivity contribution in [3.8, 4) is 0 Å². The van der Waals surface area contributed by atoms with E-state index in [0.717, 1.165) is 18.1 Å². The molecule has 1 fully saturated rings. The normalized spacial score (nSPS) is 18.4. The Labute approximate surface area is 105 Å². The number of piperidine rings is 1. The first-order valence-electron chi connectivity index (χ1n) is 6.42. The second kappa shape index (κ2) is 7.07. The molecule has 1 saturated heterocycles. The van der Waals surface area contributed by atoms with Gasteiger partial charge < -0.3 is 15.1 Å². The third kappa shape index (κ3) is 3.91. The van der Waals surface area contributed by atoms with Gasteiger partial charge in [0.1, 0.15) is 0 Å². The molecule has 1 rings (SSSR count). The Morgan fingerprint density at radius 1 is 1.38 bits per heavy atom. The summed E-state index contributed by atoms with van der Waals surface area (Å²) in [4.78, 5) is 4.75. The average molecular weight is 243 g/mol. The molecule has 1 N–H and O–H groups in total. The summed E-state index contributed by atoms with van der Waals surface area (Å²) in [5.74, 6) is 0. The zero-order valence-corrected chi connectivity index (χ0v) is 11.6. The largest absolute Gasteiger partial charge is 0.363 e. The maximum Gasteiger partial charge on any atom is 0.168 e. The van der Waals surface area contributed by atoms with Gasteiger partial charge in [0, 0.05) is 32.7 Å². The van der Waals surface area contributed by atoms with Crippen LogP contribution in [-0.4, -0.2) is 54.2 Å². The van der Waals surface area contributed by atoms with Crippen LogP contribution in [0.3, 0.4) is 0 Å². The third-order valence-electron chi connectivity index (χ3n) is 3.40. The number of hydrogen-bond donors (Lipinski definition) is 1. The van der Waals surface area contributed by atoms with Crippen LogP contribution in [0.15, 0.2) is 0 Å². The molecule has 1 aliphatic rings. The van der Waals surface area contributed by atoms with Crippen LogP contribution in [-0.2, 0) is 0 Å². The van der Waals surface area contributed by atoms with Crippen molar-refractivity contribution < 1.29 is 0 Å². The van der Waals surface area contributed by atoms with Gasteiger partial charge in [-0.15, -0.1) is 0 Å². The molecule has 0 unspecified atom stereocenters. The molecule has 1 heterocycles. The molecule has 0 amide bonds. The predicted molar refractivity (Wildman–Crippen MR) is 73.8 cm³/mol. The highest BCUT2D eigenvalue weighted by Gasteiger charge is 2.22. The summed E-state index contributed by atoms with van der Waals surface area (Å²) in [6.07, 6.45) is 3.60. The number of hydrogen-bond acceptors (Lipinski definition) is 2. The minimum Gasteiger partial charge on any atom is -0.363 e. The fraction of sp³-hybridized carbons (Fsp3) is 0.917. The summed E-state index contributed by atoms with van der Waals surface area (Å²) in [5.41, 5.74) is 0. The van der Waals surface area contributed by atoms with Crippen molar-refractivity contribution in [1.29, 1.82) is 0 Å². The van der Waals surface area contributed by atoms with Crippen molar-refractivity contribution in [2.75, 3.05) is 33.2 Å². The van der Waals surface area contributed by atoms with Crippen LogP contribution >= 0.6 is 12.2 Å². The molecule has 0 aromatic carbocycles. The Morgan fingerprint density at radius 3 is 2.50 bits per heavy atom. The summed E-state index contributed by atoms with van der Waals surface area (Å²) in [5, 5.41) is 4.21. The molecule has 4 heteroatoms. The van der Waals surface area contributed by atoms with Crippen LogP contribution < -0.4 is 5.32 Å². The first-order chi connectivity index (χ1) is 7.69. The molecule has 94 valence electrons. The van der Waals surface area contributed by atoms with Gasteiger partial charge in [-0.2, -0.15) is 0 Å². The minimum absolute atomic E-state index is 0.625. The van der Waals surface area contributed by atoms with Gasteiger partial charge in [0.2, 0.25) is 0 Å². The van der Waals surface area contributed by atoms with E-state index in [9.17, 15) is 0 Å². The van der Waals surface area contributed by atoms with Crippen LogP contribution in [0, 0.1) is 0 Å². The third-order valence-corrected chi connectivity index (χ3v) is 3.83. The van der Waals surface area contributed by atoms with E-state index >= 15 is 0 Å². The van der Waals surface area contributed by atoms with Crippen molar-refractivity contribution in [2.24, 2.45) is 0 Å². The highest BCUT2D eigenvalue weighted by atomic mass is 32.1. The zero-order valence-electron chi connectivity index (χ0n) is 10.8. The molecule has 0 aliphatic carbocycles. The van der Waals surface area contributed by atoms with E-state index in [1.165, 1.54) is 32.5 Å². The standard InChI is InChI=1S/C12H25N3S/c1-4-8-13-12(16)14(3)11-6-9-15(5-2)10-7-11/h11H,4-10H2,1-3H3,(H,13,16). The molecule has 16 heavy (non-hydrogen) atoms. The number of nitrogens with one attached hydrogen (secondary N) is 1. The van der Waals surface area contributed by atoms with Crippen LogP contribution in [0.2, 0.25) is 0 Å². The van der Waals surface area contributed by atoms with Crippen LogP contribution in [0.4, 0.5) is 0 Å². The Bertz CT molecular complexity index is 212. The zero-order chi connectivity index (χ0) is 12.0. The fourth-order valence-corrected chi connectivity index (χ4v) is 2.40. The van der Waals surface area contributed by atoms with Crippen molar-refractivity contribution in [1.82, 2.24) is 15.1 Å². The Morgan fingerprint density at radius 2 is 2.00 bits per heavy atom. The summed E-state index contributed by atoms with van der Waals surface area (Å²) in [7, 11) is 2.12. The lowest BCUT2D eigenvalue weighted by Crippen LogP contribution is -2.48. The van der Waals surface area contributed by atoms with Gasteiger partial charge in [0.15, 0.2) is 5.11 Å². The van der Waals surface area contributed by atoms with Crippen LogP contribution in [0.25, 0.3) is 0 Å². The first-order valence-corrected chi connectivity index (χ1v) is 6.82. The van der Waals surface area contributed by atoms with Crippen molar-refractivity contribution in [2.45, 2.75) is 39.2 Å². The molecule has 1 aliphatic heterocycles. The van der Waals surface area contributed by atoms with Gasteiger partial charge >= 0.3 is 0 Å². The van der Waals surface area contributed by atoms with E-state index in [-0.39, 0.29) is 0 Å². The number of nitrogens with zero attached hydrogens (tertiary/aromatic N) is 2. The second-order valence-electron chi connectivity index (χ2n) is 4.51. The van der Waals surface area contributed by atoms with Gasteiger partial charge in [-0.3, -0.25) is 0 Å². The van der Waals surface area contributed by atoms with Gasteiger partial charge in [-0.05, 0) is 38.0 Å². The molecule has 0 aromatic rings. The maximum atomic E-state index is 5.38. The van der Waals surface area contributed by atoms with Crippen LogP contribution in [0.1, 0.15) is 33.1 Å². The van der Waals surface area contributed by atoms with Crippen molar-refractivity contribution in [3.63, 3.8) is 0 Å². The summed E-state index contributed by atoms with van der Waals surface area (Å²) < 4.78 is 0. The molecule has 0 bridgehead atoms. The maximum absolute atomic E-state index is 5.38. The molecular weight excluding hydrogens is 218 g/mol. The topological polar surface area (TPSA) is 18.5 Å². The minimum atomic E-state index is 0.625. The summed E-state index contributed by atoms with van der Waals surface area (Å²) in [6, 6.07) is 0.625. The first kappa shape index (κ1) is 13.7. The van der Waals surface area contributed by atoms with E-state index < -0.39 is 0 Å². The van der Waals surface area contributed by atoms with Crippen LogP contribution in [0.5, 0.6) is 0 Å². The molecule has 0 atom stereocenters. The monoisotopic (exact) mass is 243 g/mol. The lowest BCUT2D eigenvalue weighted by Gasteiger charge is -2.37. The fourth-order valence-electron chi connectivity index (χ4n) is 2.15. The molecule has 0 radical (unpaired) electrons. The van der Waals surface area contributed by atoms with E-state index in [1.807, 2.05) is 0 Å². The number of rotatable bonds is 4. The highest BCUT2D eigenvalue weighted by molar-refractivity contribution is 7.80. The summed E-state index contributed by atoms with van der Waals surface area (Å²) >= 11 is 5.38. The molecule has 0 aromatic heterocycles. The van der Waals surface area contributed by atoms with Crippen molar-refractivity contribution >= 4 is 17.3 Å². The lowest BCUT2D eigenvalue weighted by molar-refractivity contribution is 0.171. The summed E-state index contributed by atoms with van der Waals surface area (Å²) in [6.45, 7) is 8.97. The quantitative estimate of drug-likeness (QED) is 0.757. The van der Waals surface area contributed by atoms with Gasteiger partial charge in [0.25, 0.3) is 0 Å². The molecule has 3 nitrogen and oxygen atoms in total. The Kier molecular flexibility index (Phi) is 6.06. The SMILES string of the molecule is CCCNC(=S)N(C)C1CCN(CC)CC1. The Hall–Kier alpha value is -0.350. The predicted octanol–water partition coefficient (Wildman–Crippen LogP) is 1.69. The van der Waals surface area contributed by atoms with Gasteiger partial charge in [-0.1, -0.05) is 13.8 Å². The molecule has 0 saturated carbocycles. The van der Waals surface area contributed by atoms with Gasteiger partial charge in [0.05, 0.1) is 0 Å². The number of thiocarbonyl (C=S) groups is 1. The Balaban J connectivity index is 2.32. The molecule has 0 spiro atoms. The van der Waals surface area contributed by atoms with Crippen molar-refractivity contribution in [3.05, 3.63) is 0 Å². The van der Waals surface area contributed by atoms with E-state index in [0.29, 0.717) is 6.04 Å². The number of likely N-dealkylation sites (tertiary alicyclic amines) is 1. The molecular formula is C12H25N3S. The second-order valence-corrected chi connectivity index (χ2v) is 4.89. The van der Waals surface area contributed by atoms with E-state index in [1.54, 1.807) is 0 Å². The smallest absolute Gasteiger partial charge is 0.168 e. The van der Waals surface area contributed by atoms with E-state index in [4.69, 9.17) is 12.2 Å². The van der Waals surface area contributed by atoms with Gasteiger partial charge in [-0.25, -0.2) is 0 Å². The average Bonchev–Trinajstić information content (AvgIpc) is 2.35. The van der Waals surface area contributed by atoms with E-state index in [2.05, 4.69) is 36.0 Å². The highest BCUT2D eigenvalue weighted by Crippen LogP contribution is 2.15.